The number of hydrogen-bond donors (Lipinski definition) is 1. The summed E-state index contributed by atoms with van der Waals surface area (Å²) in [6.07, 6.45) is 8.45. The number of hydrogen-bond acceptors (Lipinski definition) is 9. The van der Waals surface area contributed by atoms with E-state index in [1.54, 1.807) is 22.7 Å². The van der Waals surface area contributed by atoms with Gasteiger partial charge in [-0.25, -0.2) is 24.9 Å². The first-order chi connectivity index (χ1) is 17.4. The molecule has 1 fully saturated rings. The van der Waals surface area contributed by atoms with Crippen LogP contribution in [0.1, 0.15) is 67.8 Å². The smallest absolute Gasteiger partial charge is 0.295 e. The van der Waals surface area contributed by atoms with Gasteiger partial charge in [-0.15, -0.1) is 11.8 Å². The second-order valence-corrected chi connectivity index (χ2v) is 10.1. The number of aryl methyl sites for hydroxylation is 2. The quantitative estimate of drug-likeness (QED) is 0.338. The van der Waals surface area contributed by atoms with Gasteiger partial charge in [-0.05, 0) is 58.4 Å². The molecule has 1 aliphatic rings. The van der Waals surface area contributed by atoms with Crippen LogP contribution in [0, 0.1) is 13.8 Å². The number of aromatic nitrogens is 7. The number of pyridine rings is 1. The number of nitrogens with zero attached hydrogens (tertiary/aromatic N) is 7. The van der Waals surface area contributed by atoms with Gasteiger partial charge >= 0.3 is 0 Å². The first kappa shape index (κ1) is 24.3. The Morgan fingerprint density at radius 1 is 1.11 bits per heavy atom. The highest BCUT2D eigenvalue weighted by molar-refractivity contribution is 7.98. The van der Waals surface area contributed by atoms with Crippen molar-refractivity contribution in [2.45, 2.75) is 70.4 Å². The fraction of sp³-hybridized carbons (Fsp3) is 0.423. The predicted molar refractivity (Wildman–Crippen MR) is 142 cm³/mol. The second-order valence-electron chi connectivity index (χ2n) is 9.23. The fourth-order valence-corrected chi connectivity index (χ4v) is 4.65. The molecule has 0 amide bonds. The molecule has 1 atom stereocenters. The van der Waals surface area contributed by atoms with E-state index in [0.717, 1.165) is 46.8 Å². The molecule has 186 valence electrons. The van der Waals surface area contributed by atoms with Crippen molar-refractivity contribution in [1.82, 2.24) is 34.5 Å². The summed E-state index contributed by atoms with van der Waals surface area (Å²) in [5, 5.41) is 3.20. The van der Waals surface area contributed by atoms with Crippen molar-refractivity contribution < 1.29 is 0 Å². The Bertz CT molecular complexity index is 1480. The average Bonchev–Trinajstić information content (AvgIpc) is 3.73. The van der Waals surface area contributed by atoms with Crippen LogP contribution in [-0.4, -0.2) is 40.7 Å². The minimum Gasteiger partial charge on any atom is -0.360 e. The molecule has 1 aliphatic carbocycles. The zero-order valence-corrected chi connectivity index (χ0v) is 22.1. The lowest BCUT2D eigenvalue weighted by Crippen LogP contribution is -2.29. The predicted octanol–water partition coefficient (Wildman–Crippen LogP) is 4.84. The molecule has 0 unspecified atom stereocenters. The SMILES string of the molecule is CC[C@@H](C)n1c(=O)c(NCc2ccc(SC)cn2)nc2c(C)nc(-c3c(C)ncnc3C3CC3)nc21. The molecule has 0 bridgehead atoms. The number of nitrogens with one attached hydrogen (secondary N) is 1. The highest BCUT2D eigenvalue weighted by atomic mass is 32.2. The second kappa shape index (κ2) is 9.93. The third-order valence-corrected chi connectivity index (χ3v) is 7.38. The molecule has 5 rings (SSSR count). The number of thioether (sulfide) groups is 1. The molecular weight excluding hydrogens is 472 g/mol. The van der Waals surface area contributed by atoms with E-state index in [0.29, 0.717) is 35.1 Å². The third-order valence-electron chi connectivity index (χ3n) is 6.67. The fourth-order valence-electron chi connectivity index (χ4n) is 4.28. The molecule has 1 saturated carbocycles. The van der Waals surface area contributed by atoms with Gasteiger partial charge in [0.2, 0.25) is 0 Å². The molecule has 4 aromatic heterocycles. The average molecular weight is 503 g/mol. The zero-order valence-electron chi connectivity index (χ0n) is 21.2. The molecule has 9 nitrogen and oxygen atoms in total. The normalized spacial score (nSPS) is 14.2. The van der Waals surface area contributed by atoms with Gasteiger partial charge in [0.15, 0.2) is 17.3 Å². The highest BCUT2D eigenvalue weighted by Crippen LogP contribution is 2.43. The number of rotatable bonds is 8. The lowest BCUT2D eigenvalue weighted by atomic mass is 10.1. The van der Waals surface area contributed by atoms with E-state index in [1.165, 1.54) is 0 Å². The summed E-state index contributed by atoms with van der Waals surface area (Å²) in [7, 11) is 0. The molecule has 10 heteroatoms. The molecular formula is C26H30N8OS. The molecule has 0 saturated heterocycles. The monoisotopic (exact) mass is 502 g/mol. The van der Waals surface area contributed by atoms with Crippen LogP contribution < -0.4 is 10.9 Å². The van der Waals surface area contributed by atoms with Crippen molar-refractivity contribution >= 4 is 28.7 Å². The first-order valence-corrected chi connectivity index (χ1v) is 13.5. The lowest BCUT2D eigenvalue weighted by molar-refractivity contribution is 0.526. The van der Waals surface area contributed by atoms with Crippen LogP contribution in [0.3, 0.4) is 0 Å². The van der Waals surface area contributed by atoms with Crippen molar-refractivity contribution in [2.24, 2.45) is 0 Å². The van der Waals surface area contributed by atoms with Gasteiger partial charge in [-0.1, -0.05) is 6.92 Å². The first-order valence-electron chi connectivity index (χ1n) is 12.3. The van der Waals surface area contributed by atoms with Crippen molar-refractivity contribution in [3.05, 3.63) is 57.8 Å². The molecule has 0 aliphatic heterocycles. The molecule has 0 aromatic carbocycles. The van der Waals surface area contributed by atoms with Crippen molar-refractivity contribution in [2.75, 3.05) is 11.6 Å². The van der Waals surface area contributed by atoms with E-state index >= 15 is 0 Å². The maximum Gasteiger partial charge on any atom is 0.295 e. The lowest BCUT2D eigenvalue weighted by Gasteiger charge is -2.19. The van der Waals surface area contributed by atoms with Crippen LogP contribution in [-0.2, 0) is 6.54 Å². The van der Waals surface area contributed by atoms with E-state index in [9.17, 15) is 4.79 Å². The molecule has 36 heavy (non-hydrogen) atoms. The number of anilines is 1. The van der Waals surface area contributed by atoms with Crippen molar-refractivity contribution in [1.29, 1.82) is 0 Å². The van der Waals surface area contributed by atoms with Crippen LogP contribution in [0.25, 0.3) is 22.6 Å². The van der Waals surface area contributed by atoms with E-state index in [4.69, 9.17) is 15.0 Å². The molecule has 0 radical (unpaired) electrons. The van der Waals surface area contributed by atoms with Crippen molar-refractivity contribution in [3.8, 4) is 11.4 Å². The Labute approximate surface area is 214 Å². The van der Waals surface area contributed by atoms with E-state index in [-0.39, 0.29) is 17.4 Å². The molecule has 1 N–H and O–H groups in total. The Hall–Kier alpha value is -3.40. The van der Waals surface area contributed by atoms with Crippen LogP contribution in [0.4, 0.5) is 5.82 Å². The summed E-state index contributed by atoms with van der Waals surface area (Å²) < 4.78 is 1.74. The summed E-state index contributed by atoms with van der Waals surface area (Å²) in [5.74, 6) is 1.24. The van der Waals surface area contributed by atoms with E-state index < -0.39 is 0 Å². The Balaban J connectivity index is 1.62. The summed E-state index contributed by atoms with van der Waals surface area (Å²) in [5.41, 5.74) is 5.19. The van der Waals surface area contributed by atoms with Crippen molar-refractivity contribution in [3.63, 3.8) is 0 Å². The van der Waals surface area contributed by atoms with Gasteiger partial charge in [0, 0.05) is 23.1 Å². The van der Waals surface area contributed by atoms with E-state index in [2.05, 4.69) is 27.2 Å². The topological polar surface area (TPSA) is 111 Å². The maximum absolute atomic E-state index is 13.6. The van der Waals surface area contributed by atoms with Gasteiger partial charge in [-0.2, -0.15) is 0 Å². The highest BCUT2D eigenvalue weighted by Gasteiger charge is 2.30. The maximum atomic E-state index is 13.6. The van der Waals surface area contributed by atoms with Crippen LogP contribution in [0.5, 0.6) is 0 Å². The number of fused-ring (bicyclic) bond motifs is 1. The van der Waals surface area contributed by atoms with Gasteiger partial charge in [-0.3, -0.25) is 14.3 Å². The van der Waals surface area contributed by atoms with Gasteiger partial charge in [0.25, 0.3) is 5.56 Å². The Kier molecular flexibility index (Phi) is 6.70. The molecule has 4 heterocycles. The summed E-state index contributed by atoms with van der Waals surface area (Å²) in [4.78, 5) is 42.6. The summed E-state index contributed by atoms with van der Waals surface area (Å²) >= 11 is 1.64. The summed E-state index contributed by atoms with van der Waals surface area (Å²) in [6, 6.07) is 3.90. The largest absolute Gasteiger partial charge is 0.360 e. The Morgan fingerprint density at radius 2 is 1.92 bits per heavy atom. The van der Waals surface area contributed by atoms with E-state index in [1.807, 2.05) is 45.4 Å². The van der Waals surface area contributed by atoms with Gasteiger partial charge in [0.1, 0.15) is 11.8 Å². The van der Waals surface area contributed by atoms with Gasteiger partial charge in [0.05, 0.1) is 34.9 Å². The van der Waals surface area contributed by atoms with Gasteiger partial charge < -0.3 is 5.32 Å². The van der Waals surface area contributed by atoms with Crippen LogP contribution in [0.15, 0.2) is 34.3 Å². The minimum atomic E-state index is -0.204. The Morgan fingerprint density at radius 3 is 2.58 bits per heavy atom. The minimum absolute atomic E-state index is 0.0688. The van der Waals surface area contributed by atoms with Crippen LogP contribution in [0.2, 0.25) is 0 Å². The zero-order chi connectivity index (χ0) is 25.4. The standard InChI is InChI=1S/C26H30N8OS/c1-6-14(2)34-25-21(32-24(26(34)35)28-11-18-9-10-19(36-5)12-27-18)16(4)31-23(33-25)20-15(3)29-13-30-22(20)17-7-8-17/h9-10,12-14,17H,6-8,11H2,1-5H3,(H,28,32)/t14-/m1/s1. The summed E-state index contributed by atoms with van der Waals surface area (Å²) in [6.45, 7) is 8.35. The van der Waals surface area contributed by atoms with Crippen LogP contribution >= 0.6 is 11.8 Å². The molecule has 4 aromatic rings. The third kappa shape index (κ3) is 4.57. The molecule has 0 spiro atoms.